The van der Waals surface area contributed by atoms with E-state index >= 15 is 0 Å². The number of hydrogen-bond acceptors (Lipinski definition) is 5. The Hall–Kier alpha value is -2.24. The summed E-state index contributed by atoms with van der Waals surface area (Å²) in [5.74, 6) is 2.42. The molecular formula is C20H19ClN4O. The smallest absolute Gasteiger partial charge is 0.167 e. The predicted octanol–water partition coefficient (Wildman–Crippen LogP) is 4.22. The van der Waals surface area contributed by atoms with Crippen LogP contribution in [0.15, 0.2) is 41.1 Å². The van der Waals surface area contributed by atoms with Crippen LogP contribution in [-0.2, 0) is 19.5 Å². The second-order valence-corrected chi connectivity index (χ2v) is 7.56. The topological polar surface area (TPSA) is 55.1 Å². The SMILES string of the molecule is Clc1ccc(-c2cc(CN3CCc4nc(C5CC5)ncc4C3)no2)cc1. The maximum absolute atomic E-state index is 5.94. The van der Waals surface area contributed by atoms with Gasteiger partial charge in [0, 0.05) is 66.1 Å². The van der Waals surface area contributed by atoms with Gasteiger partial charge in [0.1, 0.15) is 5.82 Å². The molecule has 1 aliphatic carbocycles. The number of fused-ring (bicyclic) bond motifs is 1. The van der Waals surface area contributed by atoms with Crippen LogP contribution in [0, 0.1) is 0 Å². The van der Waals surface area contributed by atoms with Gasteiger partial charge in [-0.3, -0.25) is 4.90 Å². The van der Waals surface area contributed by atoms with Crippen molar-refractivity contribution in [3.63, 3.8) is 0 Å². The van der Waals surface area contributed by atoms with Gasteiger partial charge in [-0.15, -0.1) is 0 Å². The van der Waals surface area contributed by atoms with Gasteiger partial charge in [-0.1, -0.05) is 16.8 Å². The van der Waals surface area contributed by atoms with Crippen molar-refractivity contribution in [1.82, 2.24) is 20.0 Å². The first-order valence-corrected chi connectivity index (χ1v) is 9.41. The van der Waals surface area contributed by atoms with E-state index < -0.39 is 0 Å². The molecule has 0 spiro atoms. The normalized spacial score (nSPS) is 17.3. The molecule has 0 N–H and O–H groups in total. The molecule has 26 heavy (non-hydrogen) atoms. The van der Waals surface area contributed by atoms with E-state index in [-0.39, 0.29) is 0 Å². The summed E-state index contributed by atoms with van der Waals surface area (Å²) in [5, 5.41) is 4.95. The molecule has 132 valence electrons. The molecule has 6 heteroatoms. The number of halogens is 1. The highest BCUT2D eigenvalue weighted by Gasteiger charge is 2.28. The zero-order valence-corrected chi connectivity index (χ0v) is 15.1. The van der Waals surface area contributed by atoms with Crippen LogP contribution in [0.5, 0.6) is 0 Å². The summed E-state index contributed by atoms with van der Waals surface area (Å²) >= 11 is 5.94. The van der Waals surface area contributed by atoms with Gasteiger partial charge in [0.25, 0.3) is 0 Å². The van der Waals surface area contributed by atoms with E-state index in [0.717, 1.165) is 48.9 Å². The van der Waals surface area contributed by atoms with Crippen LogP contribution in [0.3, 0.4) is 0 Å². The van der Waals surface area contributed by atoms with E-state index in [1.54, 1.807) is 0 Å². The number of benzene rings is 1. The standard InChI is InChI=1S/C20H19ClN4O/c21-16-5-3-13(4-6-16)19-9-17(24-26-19)12-25-8-7-18-15(11-25)10-22-20(23-18)14-1-2-14/h3-6,9-10,14H,1-2,7-8,11-12H2. The lowest BCUT2D eigenvalue weighted by atomic mass is 10.1. The van der Waals surface area contributed by atoms with Crippen LogP contribution >= 0.6 is 11.6 Å². The highest BCUT2D eigenvalue weighted by Crippen LogP contribution is 2.38. The molecule has 5 nitrogen and oxygen atoms in total. The number of nitrogens with zero attached hydrogens (tertiary/aromatic N) is 4. The number of rotatable bonds is 4. The van der Waals surface area contributed by atoms with Crippen molar-refractivity contribution in [2.75, 3.05) is 6.54 Å². The van der Waals surface area contributed by atoms with Crippen LogP contribution in [0.4, 0.5) is 0 Å². The average Bonchev–Trinajstić information content (AvgIpc) is 3.41. The maximum Gasteiger partial charge on any atom is 0.167 e. The van der Waals surface area contributed by atoms with Crippen LogP contribution < -0.4 is 0 Å². The monoisotopic (exact) mass is 366 g/mol. The van der Waals surface area contributed by atoms with Crippen molar-refractivity contribution < 1.29 is 4.52 Å². The third-order valence-electron chi connectivity index (χ3n) is 5.05. The fraction of sp³-hybridized carbons (Fsp3) is 0.350. The van der Waals surface area contributed by atoms with Crippen LogP contribution in [0.1, 0.15) is 41.5 Å². The largest absolute Gasteiger partial charge is 0.356 e. The van der Waals surface area contributed by atoms with E-state index in [4.69, 9.17) is 21.1 Å². The Kier molecular flexibility index (Phi) is 3.98. The van der Waals surface area contributed by atoms with Crippen molar-refractivity contribution in [2.45, 2.75) is 38.3 Å². The number of hydrogen-bond donors (Lipinski definition) is 0. The minimum atomic E-state index is 0.611. The molecule has 0 radical (unpaired) electrons. The fourth-order valence-corrected chi connectivity index (χ4v) is 3.55. The third kappa shape index (κ3) is 3.24. The van der Waals surface area contributed by atoms with Gasteiger partial charge < -0.3 is 4.52 Å². The van der Waals surface area contributed by atoms with Crippen molar-refractivity contribution in [2.24, 2.45) is 0 Å². The molecule has 5 rings (SSSR count). The van der Waals surface area contributed by atoms with Crippen molar-refractivity contribution >= 4 is 11.6 Å². The summed E-state index contributed by atoms with van der Waals surface area (Å²) in [4.78, 5) is 11.7. The lowest BCUT2D eigenvalue weighted by Crippen LogP contribution is -2.31. The Morgan fingerprint density at radius 3 is 2.85 bits per heavy atom. The summed E-state index contributed by atoms with van der Waals surface area (Å²) in [5.41, 5.74) is 4.38. The van der Waals surface area contributed by atoms with Crippen LogP contribution in [-0.4, -0.2) is 26.6 Å². The summed E-state index contributed by atoms with van der Waals surface area (Å²) in [6.07, 6.45) is 5.48. The molecule has 1 aliphatic heterocycles. The molecule has 3 aromatic rings. The summed E-state index contributed by atoms with van der Waals surface area (Å²) < 4.78 is 5.51. The van der Waals surface area contributed by atoms with Gasteiger partial charge >= 0.3 is 0 Å². The minimum absolute atomic E-state index is 0.611. The van der Waals surface area contributed by atoms with Gasteiger partial charge in [0.15, 0.2) is 5.76 Å². The van der Waals surface area contributed by atoms with E-state index in [1.165, 1.54) is 24.1 Å². The van der Waals surface area contributed by atoms with Gasteiger partial charge in [-0.25, -0.2) is 9.97 Å². The Balaban J connectivity index is 1.28. The molecule has 0 bridgehead atoms. The molecule has 0 atom stereocenters. The second kappa shape index (κ2) is 6.49. The van der Waals surface area contributed by atoms with Gasteiger partial charge in [0.2, 0.25) is 0 Å². The van der Waals surface area contributed by atoms with Gasteiger partial charge in [0.05, 0.1) is 5.69 Å². The molecule has 0 amide bonds. The van der Waals surface area contributed by atoms with Crippen molar-refractivity contribution in [3.05, 3.63) is 64.3 Å². The third-order valence-corrected chi connectivity index (χ3v) is 5.30. The van der Waals surface area contributed by atoms with E-state index in [2.05, 4.69) is 15.0 Å². The lowest BCUT2D eigenvalue weighted by Gasteiger charge is -2.27. The highest BCUT2D eigenvalue weighted by molar-refractivity contribution is 6.30. The average molecular weight is 367 g/mol. The molecular weight excluding hydrogens is 348 g/mol. The fourth-order valence-electron chi connectivity index (χ4n) is 3.43. The molecule has 1 fully saturated rings. The molecule has 2 aromatic heterocycles. The first-order chi connectivity index (χ1) is 12.7. The zero-order valence-electron chi connectivity index (χ0n) is 14.4. The van der Waals surface area contributed by atoms with Gasteiger partial charge in [-0.05, 0) is 37.1 Å². The second-order valence-electron chi connectivity index (χ2n) is 7.12. The first kappa shape index (κ1) is 16.0. The van der Waals surface area contributed by atoms with Crippen molar-refractivity contribution in [3.8, 4) is 11.3 Å². The first-order valence-electron chi connectivity index (χ1n) is 9.03. The molecule has 3 heterocycles. The Bertz CT molecular complexity index is 933. The van der Waals surface area contributed by atoms with E-state index in [0.29, 0.717) is 10.9 Å². The summed E-state index contributed by atoms with van der Waals surface area (Å²) in [7, 11) is 0. The van der Waals surface area contributed by atoms with Crippen LogP contribution in [0.2, 0.25) is 5.02 Å². The summed E-state index contributed by atoms with van der Waals surface area (Å²) in [6, 6.07) is 9.61. The highest BCUT2D eigenvalue weighted by atomic mass is 35.5. The molecule has 1 saturated carbocycles. The molecule has 0 saturated heterocycles. The number of aromatic nitrogens is 3. The lowest BCUT2D eigenvalue weighted by molar-refractivity contribution is 0.235. The van der Waals surface area contributed by atoms with Crippen LogP contribution in [0.25, 0.3) is 11.3 Å². The van der Waals surface area contributed by atoms with Gasteiger partial charge in [-0.2, -0.15) is 0 Å². The van der Waals surface area contributed by atoms with E-state index in [1.807, 2.05) is 36.5 Å². The molecule has 2 aliphatic rings. The quantitative estimate of drug-likeness (QED) is 0.692. The summed E-state index contributed by atoms with van der Waals surface area (Å²) in [6.45, 7) is 2.61. The Labute approximate surface area is 157 Å². The maximum atomic E-state index is 5.94. The predicted molar refractivity (Wildman–Crippen MR) is 98.8 cm³/mol. The zero-order chi connectivity index (χ0) is 17.5. The Morgan fingerprint density at radius 1 is 1.19 bits per heavy atom. The molecule has 0 unspecified atom stereocenters. The van der Waals surface area contributed by atoms with Crippen molar-refractivity contribution in [1.29, 1.82) is 0 Å². The minimum Gasteiger partial charge on any atom is -0.356 e. The molecule has 1 aromatic carbocycles. The van der Waals surface area contributed by atoms with E-state index in [9.17, 15) is 0 Å². The Morgan fingerprint density at radius 2 is 2.04 bits per heavy atom.